The van der Waals surface area contributed by atoms with Gasteiger partial charge in [-0.15, -0.1) is 0 Å². The van der Waals surface area contributed by atoms with Gasteiger partial charge in [-0.25, -0.2) is 4.98 Å². The quantitative estimate of drug-likeness (QED) is 0.791. The molecular weight excluding hydrogens is 190 g/mol. The molecule has 82 valence electrons. The summed E-state index contributed by atoms with van der Waals surface area (Å²) in [7, 11) is 0. The van der Waals surface area contributed by atoms with Crippen molar-refractivity contribution in [1.29, 1.82) is 0 Å². The fraction of sp³-hybridized carbons (Fsp3) is 0.636. The van der Waals surface area contributed by atoms with E-state index in [-0.39, 0.29) is 5.56 Å². The molecule has 2 rings (SSSR count). The Hall–Kier alpha value is -1.32. The van der Waals surface area contributed by atoms with E-state index in [0.29, 0.717) is 5.82 Å². The van der Waals surface area contributed by atoms with Crippen LogP contribution in [0.2, 0.25) is 0 Å². The number of aromatic nitrogens is 2. The number of anilines is 1. The number of rotatable bonds is 4. The minimum absolute atomic E-state index is 0.103. The van der Waals surface area contributed by atoms with Crippen molar-refractivity contribution < 1.29 is 0 Å². The maximum atomic E-state index is 11.0. The molecule has 0 bridgehead atoms. The molecule has 0 saturated heterocycles. The predicted octanol–water partition coefficient (Wildman–Crippen LogP) is 1.76. The molecule has 0 aliphatic heterocycles. The molecule has 1 heterocycles. The van der Waals surface area contributed by atoms with Crippen LogP contribution in [-0.4, -0.2) is 16.5 Å². The zero-order valence-electron chi connectivity index (χ0n) is 8.83. The van der Waals surface area contributed by atoms with Crippen LogP contribution in [0.4, 0.5) is 5.82 Å². The highest BCUT2D eigenvalue weighted by Gasteiger charge is 2.13. The van der Waals surface area contributed by atoms with Crippen LogP contribution >= 0.6 is 0 Å². The van der Waals surface area contributed by atoms with Crippen LogP contribution in [0.25, 0.3) is 0 Å². The van der Waals surface area contributed by atoms with Crippen molar-refractivity contribution in [2.45, 2.75) is 32.1 Å². The lowest BCUT2D eigenvalue weighted by Crippen LogP contribution is -2.11. The van der Waals surface area contributed by atoms with Crippen molar-refractivity contribution in [3.63, 3.8) is 0 Å². The van der Waals surface area contributed by atoms with Crippen LogP contribution in [-0.2, 0) is 0 Å². The van der Waals surface area contributed by atoms with Gasteiger partial charge in [-0.3, -0.25) is 4.79 Å². The van der Waals surface area contributed by atoms with E-state index in [4.69, 9.17) is 0 Å². The SMILES string of the molecule is O=c1cc(NCCC2CCCC2)nc[nH]1. The molecule has 0 spiro atoms. The lowest BCUT2D eigenvalue weighted by atomic mass is 10.0. The van der Waals surface area contributed by atoms with Crippen LogP contribution in [0, 0.1) is 5.92 Å². The van der Waals surface area contributed by atoms with Gasteiger partial charge in [-0.05, 0) is 12.3 Å². The fourth-order valence-corrected chi connectivity index (χ4v) is 2.17. The molecule has 1 aliphatic rings. The van der Waals surface area contributed by atoms with Gasteiger partial charge in [0, 0.05) is 12.6 Å². The molecule has 0 amide bonds. The Bertz CT molecular complexity index is 355. The molecule has 15 heavy (non-hydrogen) atoms. The molecule has 1 aromatic heterocycles. The average molecular weight is 207 g/mol. The van der Waals surface area contributed by atoms with Gasteiger partial charge < -0.3 is 10.3 Å². The third kappa shape index (κ3) is 3.08. The number of hydrogen-bond acceptors (Lipinski definition) is 3. The topological polar surface area (TPSA) is 57.8 Å². The zero-order chi connectivity index (χ0) is 10.5. The molecule has 0 unspecified atom stereocenters. The third-order valence-corrected chi connectivity index (χ3v) is 3.01. The summed E-state index contributed by atoms with van der Waals surface area (Å²) in [6.45, 7) is 0.918. The van der Waals surface area contributed by atoms with Crippen molar-refractivity contribution in [3.8, 4) is 0 Å². The van der Waals surface area contributed by atoms with Crippen LogP contribution in [0.5, 0.6) is 0 Å². The smallest absolute Gasteiger partial charge is 0.252 e. The first-order valence-electron chi connectivity index (χ1n) is 5.63. The van der Waals surface area contributed by atoms with E-state index in [9.17, 15) is 4.79 Å². The number of nitrogens with one attached hydrogen (secondary N) is 2. The molecule has 1 saturated carbocycles. The number of aromatic amines is 1. The van der Waals surface area contributed by atoms with Gasteiger partial charge in [0.1, 0.15) is 5.82 Å². The molecule has 0 atom stereocenters. The Kier molecular flexibility index (Phi) is 3.37. The minimum Gasteiger partial charge on any atom is -0.370 e. The van der Waals surface area contributed by atoms with Crippen molar-refractivity contribution in [2.24, 2.45) is 5.92 Å². The summed E-state index contributed by atoms with van der Waals surface area (Å²) in [6, 6.07) is 1.49. The van der Waals surface area contributed by atoms with Gasteiger partial charge in [-0.2, -0.15) is 0 Å². The first kappa shape index (κ1) is 10.2. The van der Waals surface area contributed by atoms with E-state index in [1.165, 1.54) is 44.5 Å². The Balaban J connectivity index is 1.75. The van der Waals surface area contributed by atoms with Gasteiger partial charge in [-0.1, -0.05) is 25.7 Å². The molecule has 4 nitrogen and oxygen atoms in total. The van der Waals surface area contributed by atoms with Gasteiger partial charge in [0.25, 0.3) is 5.56 Å². The van der Waals surface area contributed by atoms with Gasteiger partial charge in [0.05, 0.1) is 6.33 Å². The standard InChI is InChI=1S/C11H17N3O/c15-11-7-10(13-8-14-11)12-6-5-9-3-1-2-4-9/h7-9H,1-6H2,(H2,12,13,14,15). The minimum atomic E-state index is -0.103. The van der Waals surface area contributed by atoms with E-state index < -0.39 is 0 Å². The molecular formula is C11H17N3O. The maximum absolute atomic E-state index is 11.0. The average Bonchev–Trinajstić information content (AvgIpc) is 2.71. The van der Waals surface area contributed by atoms with E-state index in [1.807, 2.05) is 0 Å². The highest BCUT2D eigenvalue weighted by atomic mass is 16.1. The second-order valence-corrected chi connectivity index (χ2v) is 4.16. The number of hydrogen-bond donors (Lipinski definition) is 2. The van der Waals surface area contributed by atoms with Gasteiger partial charge in [0.2, 0.25) is 0 Å². The summed E-state index contributed by atoms with van der Waals surface area (Å²) in [5.74, 6) is 1.55. The Morgan fingerprint density at radius 2 is 2.27 bits per heavy atom. The van der Waals surface area contributed by atoms with Crippen LogP contribution in [0.3, 0.4) is 0 Å². The maximum Gasteiger partial charge on any atom is 0.252 e. The summed E-state index contributed by atoms with van der Waals surface area (Å²) in [5, 5.41) is 3.18. The highest BCUT2D eigenvalue weighted by Crippen LogP contribution is 2.27. The van der Waals surface area contributed by atoms with Crippen molar-refractivity contribution in [3.05, 3.63) is 22.7 Å². The first-order valence-corrected chi connectivity index (χ1v) is 5.63. The normalized spacial score (nSPS) is 16.8. The molecule has 1 aliphatic carbocycles. The van der Waals surface area contributed by atoms with Gasteiger partial charge >= 0.3 is 0 Å². The monoisotopic (exact) mass is 207 g/mol. The zero-order valence-corrected chi connectivity index (χ0v) is 8.83. The van der Waals surface area contributed by atoms with Gasteiger partial charge in [0.15, 0.2) is 0 Å². The lowest BCUT2D eigenvalue weighted by Gasteiger charge is -2.09. The number of H-pyrrole nitrogens is 1. The van der Waals surface area contributed by atoms with Crippen LogP contribution < -0.4 is 10.9 Å². The molecule has 0 aromatic carbocycles. The molecule has 0 radical (unpaired) electrons. The Morgan fingerprint density at radius 3 is 3.00 bits per heavy atom. The number of nitrogens with zero attached hydrogens (tertiary/aromatic N) is 1. The Labute approximate surface area is 89.1 Å². The van der Waals surface area contributed by atoms with E-state index in [2.05, 4.69) is 15.3 Å². The molecule has 4 heteroatoms. The predicted molar refractivity (Wildman–Crippen MR) is 59.9 cm³/mol. The van der Waals surface area contributed by atoms with E-state index >= 15 is 0 Å². The van der Waals surface area contributed by atoms with E-state index in [0.717, 1.165) is 12.5 Å². The largest absolute Gasteiger partial charge is 0.370 e. The van der Waals surface area contributed by atoms with Crippen molar-refractivity contribution in [2.75, 3.05) is 11.9 Å². The summed E-state index contributed by atoms with van der Waals surface area (Å²) in [6.07, 6.45) is 8.12. The fourth-order valence-electron chi connectivity index (χ4n) is 2.17. The first-order chi connectivity index (χ1) is 7.34. The van der Waals surface area contributed by atoms with Crippen molar-refractivity contribution in [1.82, 2.24) is 9.97 Å². The third-order valence-electron chi connectivity index (χ3n) is 3.01. The van der Waals surface area contributed by atoms with Crippen molar-refractivity contribution >= 4 is 5.82 Å². The van der Waals surface area contributed by atoms with E-state index in [1.54, 1.807) is 0 Å². The second-order valence-electron chi connectivity index (χ2n) is 4.16. The van der Waals surface area contributed by atoms with Crippen LogP contribution in [0.1, 0.15) is 32.1 Å². The molecule has 2 N–H and O–H groups in total. The summed E-state index contributed by atoms with van der Waals surface area (Å²) < 4.78 is 0. The summed E-state index contributed by atoms with van der Waals surface area (Å²) >= 11 is 0. The highest BCUT2D eigenvalue weighted by molar-refractivity contribution is 5.31. The van der Waals surface area contributed by atoms with Crippen LogP contribution in [0.15, 0.2) is 17.2 Å². The summed E-state index contributed by atoms with van der Waals surface area (Å²) in [4.78, 5) is 17.5. The summed E-state index contributed by atoms with van der Waals surface area (Å²) in [5.41, 5.74) is -0.103. The Morgan fingerprint density at radius 1 is 1.47 bits per heavy atom. The molecule has 1 aromatic rings. The second kappa shape index (κ2) is 4.96. The lowest BCUT2D eigenvalue weighted by molar-refractivity contribution is 0.518. The molecule has 1 fully saturated rings.